The molecule has 2 aliphatic heterocycles. The number of carbonyl (C=O) groups excluding carboxylic acids is 2. The van der Waals surface area contributed by atoms with Crippen LogP contribution in [0.4, 0.5) is 5.69 Å². The first kappa shape index (κ1) is 23.0. The number of hydrogen-bond donors (Lipinski definition) is 2. The predicted octanol–water partition coefficient (Wildman–Crippen LogP) is 4.18. The highest BCUT2D eigenvalue weighted by atomic mass is 35.5. The Bertz CT molecular complexity index is 961. The van der Waals surface area contributed by atoms with Crippen molar-refractivity contribution in [2.45, 2.75) is 36.0 Å². The molecule has 1 fully saturated rings. The molecule has 170 valence electrons. The molecule has 1 saturated heterocycles. The smallest absolute Gasteiger partial charge is 0.238 e. The minimum Gasteiger partial charge on any atom is -0.497 e. The van der Waals surface area contributed by atoms with Crippen molar-refractivity contribution in [2.75, 3.05) is 32.1 Å². The molecule has 2 heterocycles. The zero-order chi connectivity index (χ0) is 22.5. The number of methoxy groups -OCH3 is 1. The molecule has 1 atom stereocenters. The molecule has 4 rings (SSSR count). The maximum atomic E-state index is 12.5. The highest BCUT2D eigenvalue weighted by Crippen LogP contribution is 2.38. The van der Waals surface area contributed by atoms with Crippen molar-refractivity contribution in [3.63, 3.8) is 0 Å². The Morgan fingerprint density at radius 2 is 1.97 bits per heavy atom. The summed E-state index contributed by atoms with van der Waals surface area (Å²) < 4.78 is 5.22. The molecule has 0 aliphatic carbocycles. The Morgan fingerprint density at radius 3 is 2.69 bits per heavy atom. The molecule has 0 saturated carbocycles. The summed E-state index contributed by atoms with van der Waals surface area (Å²) in [5.41, 5.74) is 2.00. The number of nitrogens with one attached hydrogen (secondary N) is 2. The van der Waals surface area contributed by atoms with Crippen molar-refractivity contribution in [1.82, 2.24) is 10.2 Å². The number of hydrogen-bond acceptors (Lipinski definition) is 5. The molecule has 2 N–H and O–H groups in total. The van der Waals surface area contributed by atoms with Crippen LogP contribution in [-0.4, -0.2) is 48.7 Å². The van der Waals surface area contributed by atoms with E-state index >= 15 is 0 Å². The SMILES string of the molecule is COc1ccc(CN2CCC(CNC(=O)CC3Sc4ccc(Cl)cc4NC3=O)CC2)cc1. The molecule has 0 spiro atoms. The Labute approximate surface area is 198 Å². The van der Waals surface area contributed by atoms with Gasteiger partial charge in [0.15, 0.2) is 0 Å². The maximum absolute atomic E-state index is 12.5. The summed E-state index contributed by atoms with van der Waals surface area (Å²) in [5, 5.41) is 6.06. The van der Waals surface area contributed by atoms with E-state index in [-0.39, 0.29) is 18.2 Å². The van der Waals surface area contributed by atoms with Gasteiger partial charge in [-0.15, -0.1) is 11.8 Å². The van der Waals surface area contributed by atoms with E-state index < -0.39 is 5.25 Å². The average Bonchev–Trinajstić information content (AvgIpc) is 2.80. The largest absolute Gasteiger partial charge is 0.497 e. The van der Waals surface area contributed by atoms with Gasteiger partial charge >= 0.3 is 0 Å². The average molecular weight is 474 g/mol. The summed E-state index contributed by atoms with van der Waals surface area (Å²) in [7, 11) is 1.68. The maximum Gasteiger partial charge on any atom is 0.238 e. The van der Waals surface area contributed by atoms with Crippen LogP contribution in [0.5, 0.6) is 5.75 Å². The Kier molecular flexibility index (Phi) is 7.60. The van der Waals surface area contributed by atoms with Gasteiger partial charge in [0.2, 0.25) is 11.8 Å². The third-order valence-corrected chi connectivity index (χ3v) is 7.50. The number of anilines is 1. The van der Waals surface area contributed by atoms with Crippen LogP contribution in [0.3, 0.4) is 0 Å². The third-order valence-electron chi connectivity index (χ3n) is 5.99. The Morgan fingerprint density at radius 1 is 1.22 bits per heavy atom. The van der Waals surface area contributed by atoms with Gasteiger partial charge in [0, 0.05) is 29.4 Å². The Hall–Kier alpha value is -2.22. The van der Waals surface area contributed by atoms with Crippen LogP contribution in [0.1, 0.15) is 24.8 Å². The number of ether oxygens (including phenoxy) is 1. The summed E-state index contributed by atoms with van der Waals surface area (Å²) in [4.78, 5) is 28.2. The van der Waals surface area contributed by atoms with E-state index in [0.29, 0.717) is 23.2 Å². The fourth-order valence-electron chi connectivity index (χ4n) is 4.09. The molecule has 0 radical (unpaired) electrons. The molecule has 2 aliphatic rings. The number of halogens is 1. The first-order valence-electron chi connectivity index (χ1n) is 10.9. The van der Waals surface area contributed by atoms with Gasteiger partial charge in [0.1, 0.15) is 5.75 Å². The second-order valence-electron chi connectivity index (χ2n) is 8.31. The van der Waals surface area contributed by atoms with E-state index in [1.807, 2.05) is 18.2 Å². The molecule has 0 bridgehead atoms. The lowest BCUT2D eigenvalue weighted by Crippen LogP contribution is -2.40. The molecule has 1 unspecified atom stereocenters. The number of fused-ring (bicyclic) bond motifs is 1. The summed E-state index contributed by atoms with van der Waals surface area (Å²) in [6.07, 6.45) is 2.29. The van der Waals surface area contributed by atoms with Crippen LogP contribution in [0.25, 0.3) is 0 Å². The molecular formula is C24H28ClN3O3S. The van der Waals surface area contributed by atoms with Gasteiger partial charge < -0.3 is 15.4 Å². The number of nitrogens with zero attached hydrogens (tertiary/aromatic N) is 1. The standard InChI is InChI=1S/C24H28ClN3O3S/c1-31-19-5-2-17(3-6-19)15-28-10-8-16(9-11-28)14-26-23(29)13-22-24(30)27-20-12-18(25)4-7-21(20)32-22/h2-7,12,16,22H,8-11,13-15H2,1H3,(H,26,29)(H,27,30). The second kappa shape index (κ2) is 10.6. The summed E-state index contributed by atoms with van der Waals surface area (Å²) >= 11 is 7.41. The van der Waals surface area contributed by atoms with Gasteiger partial charge in [-0.3, -0.25) is 14.5 Å². The van der Waals surface area contributed by atoms with Crippen LogP contribution >= 0.6 is 23.4 Å². The molecule has 0 aromatic heterocycles. The van der Waals surface area contributed by atoms with Crippen molar-refractivity contribution in [2.24, 2.45) is 5.92 Å². The lowest BCUT2D eigenvalue weighted by Gasteiger charge is -2.32. The van der Waals surface area contributed by atoms with Gasteiger partial charge in [0.25, 0.3) is 0 Å². The van der Waals surface area contributed by atoms with Gasteiger partial charge in [-0.05, 0) is 67.7 Å². The number of likely N-dealkylation sites (tertiary alicyclic amines) is 1. The predicted molar refractivity (Wildman–Crippen MR) is 128 cm³/mol. The lowest BCUT2D eigenvalue weighted by molar-refractivity contribution is -0.124. The van der Waals surface area contributed by atoms with Gasteiger partial charge in [-0.2, -0.15) is 0 Å². The van der Waals surface area contributed by atoms with E-state index in [9.17, 15) is 9.59 Å². The highest BCUT2D eigenvalue weighted by Gasteiger charge is 2.29. The zero-order valence-electron chi connectivity index (χ0n) is 18.1. The summed E-state index contributed by atoms with van der Waals surface area (Å²) in [5.74, 6) is 1.13. The van der Waals surface area contributed by atoms with Crippen molar-refractivity contribution in [1.29, 1.82) is 0 Å². The normalized spacial score (nSPS) is 19.2. The molecule has 8 heteroatoms. The molecule has 2 aromatic carbocycles. The fourth-order valence-corrected chi connectivity index (χ4v) is 5.36. The van der Waals surface area contributed by atoms with Crippen molar-refractivity contribution in [3.8, 4) is 5.75 Å². The van der Waals surface area contributed by atoms with Crippen molar-refractivity contribution < 1.29 is 14.3 Å². The molecule has 2 aromatic rings. The first-order valence-corrected chi connectivity index (χ1v) is 12.1. The summed E-state index contributed by atoms with van der Waals surface area (Å²) in [6.45, 7) is 3.64. The van der Waals surface area contributed by atoms with E-state index in [4.69, 9.17) is 16.3 Å². The molecule has 6 nitrogen and oxygen atoms in total. The lowest BCUT2D eigenvalue weighted by atomic mass is 9.96. The van der Waals surface area contributed by atoms with Crippen LogP contribution in [0.15, 0.2) is 47.4 Å². The molecule has 2 amide bonds. The van der Waals surface area contributed by atoms with Crippen molar-refractivity contribution in [3.05, 3.63) is 53.1 Å². The summed E-state index contributed by atoms with van der Waals surface area (Å²) in [6, 6.07) is 13.6. The fraction of sp³-hybridized carbons (Fsp3) is 0.417. The number of carbonyl (C=O) groups is 2. The number of piperidine rings is 1. The van der Waals surface area contributed by atoms with Crippen LogP contribution in [-0.2, 0) is 16.1 Å². The van der Waals surface area contributed by atoms with E-state index in [2.05, 4.69) is 27.7 Å². The topological polar surface area (TPSA) is 70.7 Å². The van der Waals surface area contributed by atoms with Gasteiger partial charge in [-0.1, -0.05) is 23.7 Å². The molecule has 32 heavy (non-hydrogen) atoms. The van der Waals surface area contributed by atoms with Gasteiger partial charge in [0.05, 0.1) is 18.0 Å². The van der Waals surface area contributed by atoms with E-state index in [1.165, 1.54) is 17.3 Å². The quantitative estimate of drug-likeness (QED) is 0.631. The van der Waals surface area contributed by atoms with Gasteiger partial charge in [-0.25, -0.2) is 0 Å². The van der Waals surface area contributed by atoms with Crippen LogP contribution < -0.4 is 15.4 Å². The second-order valence-corrected chi connectivity index (χ2v) is 9.99. The minimum atomic E-state index is -0.421. The van der Waals surface area contributed by atoms with Crippen LogP contribution in [0.2, 0.25) is 5.02 Å². The third kappa shape index (κ3) is 5.97. The number of benzene rings is 2. The van der Waals surface area contributed by atoms with E-state index in [1.54, 1.807) is 19.2 Å². The minimum absolute atomic E-state index is 0.0734. The Balaban J connectivity index is 1.18. The van der Waals surface area contributed by atoms with Crippen LogP contribution in [0, 0.1) is 5.92 Å². The monoisotopic (exact) mass is 473 g/mol. The van der Waals surface area contributed by atoms with E-state index in [0.717, 1.165) is 43.1 Å². The number of rotatable bonds is 7. The highest BCUT2D eigenvalue weighted by molar-refractivity contribution is 8.01. The van der Waals surface area contributed by atoms with Crippen molar-refractivity contribution >= 4 is 40.9 Å². The first-order chi connectivity index (χ1) is 15.5. The zero-order valence-corrected chi connectivity index (χ0v) is 19.7. The number of amides is 2. The molecular weight excluding hydrogens is 446 g/mol. The number of thioether (sulfide) groups is 1.